The Morgan fingerprint density at radius 1 is 1.33 bits per heavy atom. The number of sulfone groups is 1. The molecular weight excluding hydrogens is 250 g/mol. The minimum absolute atomic E-state index is 0.511. The van der Waals surface area contributed by atoms with Crippen LogP contribution in [0.25, 0.3) is 11.0 Å². The van der Waals surface area contributed by atoms with Crippen molar-refractivity contribution in [3.05, 3.63) is 35.6 Å². The molecule has 0 aliphatic heterocycles. The van der Waals surface area contributed by atoms with Crippen LogP contribution in [0.4, 0.5) is 0 Å². The zero-order valence-corrected chi connectivity index (χ0v) is 11.5. The minimum atomic E-state index is -3.18. The van der Waals surface area contributed by atoms with E-state index in [-0.39, 0.29) is 0 Å². The fourth-order valence-electron chi connectivity index (χ4n) is 1.89. The first-order chi connectivity index (χ1) is 8.30. The lowest BCUT2D eigenvalue weighted by molar-refractivity contribution is 0.480. The lowest BCUT2D eigenvalue weighted by Gasteiger charge is -2.15. The van der Waals surface area contributed by atoms with E-state index in [1.807, 2.05) is 31.2 Å². The summed E-state index contributed by atoms with van der Waals surface area (Å²) in [5, 5.41) is 0.277. The third kappa shape index (κ3) is 2.28. The lowest BCUT2D eigenvalue weighted by Crippen LogP contribution is -2.30. The Morgan fingerprint density at radius 2 is 2.00 bits per heavy atom. The fraction of sp³-hybridized carbons (Fsp3) is 0.385. The van der Waals surface area contributed by atoms with Gasteiger partial charge < -0.3 is 10.2 Å². The highest BCUT2D eigenvalue weighted by atomic mass is 32.2. The van der Waals surface area contributed by atoms with Crippen molar-refractivity contribution >= 4 is 20.8 Å². The van der Waals surface area contributed by atoms with Gasteiger partial charge in [0.1, 0.15) is 11.3 Å². The molecule has 4 nitrogen and oxygen atoms in total. The average molecular weight is 267 g/mol. The Morgan fingerprint density at radius 3 is 2.56 bits per heavy atom. The predicted octanol–water partition coefficient (Wildman–Crippen LogP) is 2.17. The minimum Gasteiger partial charge on any atom is -0.459 e. The van der Waals surface area contributed by atoms with E-state index in [9.17, 15) is 8.42 Å². The molecule has 0 radical (unpaired) electrons. The molecule has 2 unspecified atom stereocenters. The van der Waals surface area contributed by atoms with Crippen molar-refractivity contribution in [3.8, 4) is 0 Å². The van der Waals surface area contributed by atoms with Crippen molar-refractivity contribution in [3.63, 3.8) is 0 Å². The first-order valence-electron chi connectivity index (χ1n) is 5.74. The number of furan rings is 1. The molecule has 0 aliphatic carbocycles. The molecule has 2 atom stereocenters. The van der Waals surface area contributed by atoms with E-state index in [0.29, 0.717) is 5.76 Å². The summed E-state index contributed by atoms with van der Waals surface area (Å²) in [4.78, 5) is 0. The molecule has 0 spiro atoms. The van der Waals surface area contributed by atoms with E-state index in [1.54, 1.807) is 6.92 Å². The first-order valence-corrected chi connectivity index (χ1v) is 7.69. The molecule has 0 amide bonds. The predicted molar refractivity (Wildman–Crippen MR) is 72.2 cm³/mol. The van der Waals surface area contributed by atoms with Crippen molar-refractivity contribution < 1.29 is 12.8 Å². The summed E-state index contributed by atoms with van der Waals surface area (Å²) in [7, 11) is -3.18. The van der Waals surface area contributed by atoms with Gasteiger partial charge in [-0.05, 0) is 25.5 Å². The molecule has 98 valence electrons. The summed E-state index contributed by atoms with van der Waals surface area (Å²) in [6.45, 7) is 3.54. The van der Waals surface area contributed by atoms with Crippen LogP contribution in [-0.4, -0.2) is 19.9 Å². The molecule has 1 aromatic carbocycles. The SMILES string of the molecule is Cc1cccc2cc(C(N)C(C)S(C)(=O)=O)oc12. The van der Waals surface area contributed by atoms with E-state index in [2.05, 4.69) is 0 Å². The van der Waals surface area contributed by atoms with Gasteiger partial charge in [0, 0.05) is 11.6 Å². The van der Waals surface area contributed by atoms with Gasteiger partial charge in [-0.1, -0.05) is 18.2 Å². The summed E-state index contributed by atoms with van der Waals surface area (Å²) in [6, 6.07) is 6.97. The Balaban J connectivity index is 2.46. The highest BCUT2D eigenvalue weighted by Gasteiger charge is 2.26. The van der Waals surface area contributed by atoms with E-state index in [4.69, 9.17) is 10.2 Å². The van der Waals surface area contributed by atoms with E-state index < -0.39 is 21.1 Å². The molecule has 0 bridgehead atoms. The molecule has 2 N–H and O–H groups in total. The summed E-state index contributed by atoms with van der Waals surface area (Å²) in [6.07, 6.45) is 1.19. The van der Waals surface area contributed by atoms with Gasteiger partial charge in [-0.25, -0.2) is 8.42 Å². The van der Waals surface area contributed by atoms with Crippen molar-refractivity contribution in [2.75, 3.05) is 6.26 Å². The summed E-state index contributed by atoms with van der Waals surface area (Å²) < 4.78 is 28.7. The lowest BCUT2D eigenvalue weighted by atomic mass is 10.1. The zero-order chi connectivity index (χ0) is 13.5. The van der Waals surface area contributed by atoms with Crippen LogP contribution in [0.5, 0.6) is 0 Å². The van der Waals surface area contributed by atoms with Crippen LogP contribution in [0, 0.1) is 6.92 Å². The molecule has 0 fully saturated rings. The monoisotopic (exact) mass is 267 g/mol. The van der Waals surface area contributed by atoms with Gasteiger partial charge in [0.05, 0.1) is 11.3 Å². The Hall–Kier alpha value is -1.33. The number of rotatable bonds is 3. The van der Waals surface area contributed by atoms with Gasteiger partial charge in [-0.3, -0.25) is 0 Å². The third-order valence-electron chi connectivity index (χ3n) is 3.27. The van der Waals surface area contributed by atoms with Crippen LogP contribution in [0.2, 0.25) is 0 Å². The molecule has 5 heteroatoms. The second-order valence-electron chi connectivity index (χ2n) is 4.70. The number of fused-ring (bicyclic) bond motifs is 1. The number of aryl methyl sites for hydroxylation is 1. The number of nitrogens with two attached hydrogens (primary N) is 1. The molecule has 1 heterocycles. The van der Waals surface area contributed by atoms with Gasteiger partial charge in [0.25, 0.3) is 0 Å². The molecule has 18 heavy (non-hydrogen) atoms. The van der Waals surface area contributed by atoms with Gasteiger partial charge >= 0.3 is 0 Å². The smallest absolute Gasteiger partial charge is 0.152 e. The van der Waals surface area contributed by atoms with Gasteiger partial charge in [0.15, 0.2) is 9.84 Å². The Bertz CT molecular complexity index is 673. The van der Waals surface area contributed by atoms with Crippen molar-refractivity contribution in [1.29, 1.82) is 0 Å². The number of hydrogen-bond acceptors (Lipinski definition) is 4. The zero-order valence-electron chi connectivity index (χ0n) is 10.7. The normalized spacial score (nSPS) is 15.8. The highest BCUT2D eigenvalue weighted by Crippen LogP contribution is 2.28. The number of benzene rings is 1. The molecule has 0 aliphatic rings. The van der Waals surface area contributed by atoms with Gasteiger partial charge in [0.2, 0.25) is 0 Å². The molecule has 1 aromatic heterocycles. The Kier molecular flexibility index (Phi) is 3.21. The summed E-state index contributed by atoms with van der Waals surface area (Å²) >= 11 is 0. The largest absolute Gasteiger partial charge is 0.459 e. The molecular formula is C13H17NO3S. The van der Waals surface area contributed by atoms with Crippen LogP contribution in [0.15, 0.2) is 28.7 Å². The fourth-order valence-corrected chi connectivity index (χ4v) is 2.56. The van der Waals surface area contributed by atoms with E-state index in [1.165, 1.54) is 6.26 Å². The highest BCUT2D eigenvalue weighted by molar-refractivity contribution is 7.91. The maximum absolute atomic E-state index is 11.5. The van der Waals surface area contributed by atoms with Crippen LogP contribution in [-0.2, 0) is 9.84 Å². The number of para-hydroxylation sites is 1. The van der Waals surface area contributed by atoms with Crippen LogP contribution < -0.4 is 5.73 Å². The van der Waals surface area contributed by atoms with Gasteiger partial charge in [-0.15, -0.1) is 0 Å². The quantitative estimate of drug-likeness (QED) is 0.925. The van der Waals surface area contributed by atoms with Crippen molar-refractivity contribution in [2.45, 2.75) is 25.1 Å². The molecule has 2 rings (SSSR count). The second kappa shape index (κ2) is 4.40. The van der Waals surface area contributed by atoms with E-state index >= 15 is 0 Å². The van der Waals surface area contributed by atoms with Crippen molar-refractivity contribution in [2.24, 2.45) is 5.73 Å². The topological polar surface area (TPSA) is 73.3 Å². The summed E-state index contributed by atoms with van der Waals surface area (Å²) in [5.41, 5.74) is 7.74. The summed E-state index contributed by atoms with van der Waals surface area (Å²) in [5.74, 6) is 0.511. The van der Waals surface area contributed by atoms with E-state index in [0.717, 1.165) is 16.5 Å². The average Bonchev–Trinajstić information content (AvgIpc) is 2.71. The molecule has 0 saturated carbocycles. The standard InChI is InChI=1S/C13H17NO3S/c1-8-5-4-6-10-7-11(17-13(8)10)12(14)9(2)18(3,15)16/h4-7,9,12H,14H2,1-3H3. The van der Waals surface area contributed by atoms with Crippen LogP contribution in [0.1, 0.15) is 24.3 Å². The van der Waals surface area contributed by atoms with Crippen LogP contribution in [0.3, 0.4) is 0 Å². The Labute approximate surface area is 107 Å². The maximum atomic E-state index is 11.5. The number of hydrogen-bond donors (Lipinski definition) is 1. The molecule has 2 aromatic rings. The second-order valence-corrected chi connectivity index (χ2v) is 7.11. The van der Waals surface area contributed by atoms with Gasteiger partial charge in [-0.2, -0.15) is 0 Å². The maximum Gasteiger partial charge on any atom is 0.152 e. The molecule has 0 saturated heterocycles. The third-order valence-corrected chi connectivity index (χ3v) is 4.91. The van der Waals surface area contributed by atoms with Crippen LogP contribution >= 0.6 is 0 Å². The first kappa shape index (κ1) is 13.1. The van der Waals surface area contributed by atoms with Crippen molar-refractivity contribution in [1.82, 2.24) is 0 Å².